The number of nitrogen functional groups attached to an aromatic ring is 1. The molecule has 3 nitrogen and oxygen atoms in total. The maximum absolute atomic E-state index is 6.07. The van der Waals surface area contributed by atoms with Gasteiger partial charge in [0.25, 0.3) is 0 Å². The topological polar surface area (TPSA) is 48.1 Å². The molecule has 1 aliphatic carbocycles. The van der Waals surface area contributed by atoms with Gasteiger partial charge in [-0.05, 0) is 30.9 Å². The Morgan fingerprint density at radius 1 is 1.35 bits per heavy atom. The molecule has 2 aromatic rings. The van der Waals surface area contributed by atoms with Crippen LogP contribution in [0.15, 0.2) is 17.6 Å². The molecule has 90 valence electrons. The van der Waals surface area contributed by atoms with Gasteiger partial charge in [0.15, 0.2) is 0 Å². The average molecular weight is 248 g/mol. The summed E-state index contributed by atoms with van der Waals surface area (Å²) in [6.07, 6.45) is 5.26. The number of ether oxygens (including phenoxy) is 1. The zero-order valence-electron chi connectivity index (χ0n) is 9.69. The maximum Gasteiger partial charge on any atom is 0.144 e. The van der Waals surface area contributed by atoms with Crippen molar-refractivity contribution in [1.29, 1.82) is 0 Å². The van der Waals surface area contributed by atoms with E-state index in [9.17, 15) is 0 Å². The highest BCUT2D eigenvalue weighted by Crippen LogP contribution is 2.33. The monoisotopic (exact) mass is 248 g/mol. The number of aromatic nitrogens is 1. The molecule has 0 atom stereocenters. The molecule has 0 unspecified atom stereocenters. The lowest BCUT2D eigenvalue weighted by Crippen LogP contribution is -2.09. The Bertz CT molecular complexity index is 517. The second-order valence-electron chi connectivity index (χ2n) is 4.64. The number of nitrogens with two attached hydrogens (primary N) is 1. The predicted molar refractivity (Wildman–Crippen MR) is 71.5 cm³/mol. The molecule has 0 radical (unpaired) electrons. The Labute approximate surface area is 105 Å². The van der Waals surface area contributed by atoms with Crippen LogP contribution in [-0.4, -0.2) is 11.6 Å². The Kier molecular flexibility index (Phi) is 2.89. The van der Waals surface area contributed by atoms with Gasteiger partial charge >= 0.3 is 0 Å². The second kappa shape index (κ2) is 4.53. The van der Waals surface area contributed by atoms with E-state index in [2.05, 4.69) is 4.98 Å². The van der Waals surface area contributed by atoms with Crippen LogP contribution in [0.5, 0.6) is 5.75 Å². The number of thiazole rings is 1. The van der Waals surface area contributed by atoms with E-state index in [1.165, 1.54) is 25.7 Å². The highest BCUT2D eigenvalue weighted by Gasteiger charge is 2.16. The van der Waals surface area contributed by atoms with E-state index in [4.69, 9.17) is 10.5 Å². The molecule has 0 spiro atoms. The van der Waals surface area contributed by atoms with Crippen LogP contribution in [-0.2, 0) is 0 Å². The molecule has 1 aromatic carbocycles. The van der Waals surface area contributed by atoms with Crippen molar-refractivity contribution >= 4 is 27.2 Å². The van der Waals surface area contributed by atoms with Crippen LogP contribution in [0.4, 0.5) is 5.69 Å². The number of nitrogens with zero attached hydrogens (tertiary/aromatic N) is 1. The third-order valence-corrected chi connectivity index (χ3v) is 4.24. The fourth-order valence-corrected chi connectivity index (χ4v) is 3.14. The molecule has 0 amide bonds. The summed E-state index contributed by atoms with van der Waals surface area (Å²) in [4.78, 5) is 4.27. The van der Waals surface area contributed by atoms with Gasteiger partial charge < -0.3 is 10.5 Å². The largest absolute Gasteiger partial charge is 0.491 e. The van der Waals surface area contributed by atoms with E-state index in [1.807, 2.05) is 17.6 Å². The molecule has 1 aliphatic rings. The first-order valence-electron chi connectivity index (χ1n) is 6.09. The molecule has 0 saturated heterocycles. The lowest BCUT2D eigenvalue weighted by Gasteiger charge is -2.13. The minimum Gasteiger partial charge on any atom is -0.491 e. The van der Waals surface area contributed by atoms with Gasteiger partial charge in [-0.1, -0.05) is 12.8 Å². The van der Waals surface area contributed by atoms with E-state index in [1.54, 1.807) is 11.3 Å². The van der Waals surface area contributed by atoms with Gasteiger partial charge in [0.05, 0.1) is 16.8 Å². The van der Waals surface area contributed by atoms with Gasteiger partial charge in [-0.15, -0.1) is 11.3 Å². The van der Waals surface area contributed by atoms with Gasteiger partial charge in [-0.25, -0.2) is 4.98 Å². The normalized spacial score (nSPS) is 16.7. The maximum atomic E-state index is 6.07. The number of rotatable bonds is 3. The first kappa shape index (κ1) is 10.8. The first-order valence-corrected chi connectivity index (χ1v) is 6.97. The van der Waals surface area contributed by atoms with Crippen molar-refractivity contribution in [3.05, 3.63) is 17.6 Å². The van der Waals surface area contributed by atoms with E-state index >= 15 is 0 Å². The molecule has 4 heteroatoms. The van der Waals surface area contributed by atoms with Gasteiger partial charge in [-0.2, -0.15) is 0 Å². The quantitative estimate of drug-likeness (QED) is 0.846. The van der Waals surface area contributed by atoms with E-state index < -0.39 is 0 Å². The third kappa shape index (κ3) is 2.09. The Morgan fingerprint density at radius 2 is 2.18 bits per heavy atom. The molecule has 2 N–H and O–H groups in total. The van der Waals surface area contributed by atoms with Crippen molar-refractivity contribution in [3.8, 4) is 5.75 Å². The van der Waals surface area contributed by atoms with E-state index in [0.717, 1.165) is 22.6 Å². The van der Waals surface area contributed by atoms with E-state index in [-0.39, 0.29) is 0 Å². The summed E-state index contributed by atoms with van der Waals surface area (Å²) in [6.45, 7) is 0.792. The Morgan fingerprint density at radius 3 is 3.00 bits per heavy atom. The van der Waals surface area contributed by atoms with Crippen molar-refractivity contribution < 1.29 is 4.74 Å². The molecular weight excluding hydrogens is 232 g/mol. The van der Waals surface area contributed by atoms with Crippen LogP contribution >= 0.6 is 11.3 Å². The third-order valence-electron chi connectivity index (χ3n) is 3.45. The van der Waals surface area contributed by atoms with Crippen molar-refractivity contribution in [3.63, 3.8) is 0 Å². The number of hydrogen-bond donors (Lipinski definition) is 1. The molecule has 17 heavy (non-hydrogen) atoms. The molecule has 1 fully saturated rings. The van der Waals surface area contributed by atoms with Crippen LogP contribution in [0.2, 0.25) is 0 Å². The average Bonchev–Trinajstić information content (AvgIpc) is 2.99. The van der Waals surface area contributed by atoms with Crippen molar-refractivity contribution in [2.75, 3.05) is 12.3 Å². The molecule has 0 aliphatic heterocycles. The standard InChI is InChI=1S/C13H16N2OS/c14-12-10(16-7-9-3-1-2-4-9)5-6-11-13(12)15-8-17-11/h5-6,8-9H,1-4,7,14H2. The van der Waals surface area contributed by atoms with Crippen LogP contribution in [0, 0.1) is 5.92 Å². The van der Waals surface area contributed by atoms with Crippen molar-refractivity contribution in [1.82, 2.24) is 4.98 Å². The summed E-state index contributed by atoms with van der Waals surface area (Å²) in [5, 5.41) is 0. The second-order valence-corrected chi connectivity index (χ2v) is 5.52. The summed E-state index contributed by atoms with van der Waals surface area (Å²) < 4.78 is 6.96. The van der Waals surface area contributed by atoms with Crippen molar-refractivity contribution in [2.24, 2.45) is 5.92 Å². The summed E-state index contributed by atoms with van der Waals surface area (Å²) in [5.74, 6) is 1.50. The van der Waals surface area contributed by atoms with Crippen LogP contribution in [0.3, 0.4) is 0 Å². The zero-order chi connectivity index (χ0) is 11.7. The Hall–Kier alpha value is -1.29. The lowest BCUT2D eigenvalue weighted by molar-refractivity contribution is 0.253. The summed E-state index contributed by atoms with van der Waals surface area (Å²) in [7, 11) is 0. The fourth-order valence-electron chi connectivity index (χ4n) is 2.44. The van der Waals surface area contributed by atoms with Gasteiger partial charge in [-0.3, -0.25) is 0 Å². The number of anilines is 1. The Balaban J connectivity index is 1.77. The zero-order valence-corrected chi connectivity index (χ0v) is 10.5. The van der Waals surface area contributed by atoms with E-state index in [0.29, 0.717) is 11.6 Å². The molecule has 1 heterocycles. The highest BCUT2D eigenvalue weighted by molar-refractivity contribution is 7.16. The van der Waals surface area contributed by atoms with Crippen LogP contribution in [0.25, 0.3) is 10.2 Å². The number of benzene rings is 1. The van der Waals surface area contributed by atoms with Gasteiger partial charge in [0, 0.05) is 0 Å². The smallest absolute Gasteiger partial charge is 0.144 e. The first-order chi connectivity index (χ1) is 8.34. The SMILES string of the molecule is Nc1c(OCC2CCCC2)ccc2scnc12. The number of fused-ring (bicyclic) bond motifs is 1. The summed E-state index contributed by atoms with van der Waals surface area (Å²) in [6, 6.07) is 4.00. The van der Waals surface area contributed by atoms with Gasteiger partial charge in [0.1, 0.15) is 17.0 Å². The van der Waals surface area contributed by atoms with Crippen LogP contribution in [0.1, 0.15) is 25.7 Å². The molecule has 0 bridgehead atoms. The lowest BCUT2D eigenvalue weighted by atomic mass is 10.1. The predicted octanol–water partition coefficient (Wildman–Crippen LogP) is 3.45. The minimum atomic E-state index is 0.682. The molecule has 1 aromatic heterocycles. The molecule has 3 rings (SSSR count). The van der Waals surface area contributed by atoms with Crippen molar-refractivity contribution in [2.45, 2.75) is 25.7 Å². The highest BCUT2D eigenvalue weighted by atomic mass is 32.1. The summed E-state index contributed by atoms with van der Waals surface area (Å²) in [5.41, 5.74) is 9.44. The molecular formula is C13H16N2OS. The fraction of sp³-hybridized carbons (Fsp3) is 0.462. The summed E-state index contributed by atoms with van der Waals surface area (Å²) >= 11 is 1.61. The minimum absolute atomic E-state index is 0.682. The number of hydrogen-bond acceptors (Lipinski definition) is 4. The van der Waals surface area contributed by atoms with Gasteiger partial charge in [0.2, 0.25) is 0 Å². The molecule has 1 saturated carbocycles. The van der Waals surface area contributed by atoms with Crippen LogP contribution < -0.4 is 10.5 Å².